The summed E-state index contributed by atoms with van der Waals surface area (Å²) in [6.45, 7) is 8.47. The van der Waals surface area contributed by atoms with Crippen LogP contribution in [-0.2, 0) is 6.54 Å². The lowest BCUT2D eigenvalue weighted by molar-refractivity contribution is 0.0787. The number of carbonyl (C=O) groups is 1. The third-order valence-corrected chi connectivity index (χ3v) is 5.87. The second-order valence-corrected chi connectivity index (χ2v) is 8.34. The molecule has 33 heavy (non-hydrogen) atoms. The van der Waals surface area contributed by atoms with Gasteiger partial charge < -0.3 is 14.2 Å². The zero-order chi connectivity index (χ0) is 22.8. The summed E-state index contributed by atoms with van der Waals surface area (Å²) >= 11 is 0. The van der Waals surface area contributed by atoms with Gasteiger partial charge >= 0.3 is 0 Å². The first-order chi connectivity index (χ1) is 15.4. The zero-order valence-electron chi connectivity index (χ0n) is 19.6. The summed E-state index contributed by atoms with van der Waals surface area (Å²) in [4.78, 5) is 25.9. The van der Waals surface area contributed by atoms with Crippen molar-refractivity contribution in [1.29, 1.82) is 0 Å². The molecule has 0 radical (unpaired) electrons. The Kier molecular flexibility index (Phi) is 7.79. The Bertz CT molecular complexity index is 1120. The minimum absolute atomic E-state index is 0. The van der Waals surface area contributed by atoms with Gasteiger partial charge in [0.15, 0.2) is 0 Å². The van der Waals surface area contributed by atoms with Crippen LogP contribution in [0.1, 0.15) is 61.3 Å². The minimum atomic E-state index is -0.443. The zero-order valence-corrected chi connectivity index (χ0v) is 20.4. The lowest BCUT2D eigenvalue weighted by Crippen LogP contribution is -2.25. The maximum absolute atomic E-state index is 13.8. The Morgan fingerprint density at radius 2 is 1.88 bits per heavy atom. The molecule has 0 unspecified atom stereocenters. The molecule has 4 rings (SSSR count). The Morgan fingerprint density at radius 3 is 2.55 bits per heavy atom. The molecule has 3 aromatic rings. The number of aryl methyl sites for hydroxylation is 1. The Hall–Kier alpha value is -2.87. The molecular formula is C24H31ClFN5O2. The molecule has 0 saturated heterocycles. The van der Waals surface area contributed by atoms with E-state index in [1.807, 2.05) is 11.5 Å². The van der Waals surface area contributed by atoms with E-state index in [0.717, 1.165) is 56.0 Å². The highest BCUT2D eigenvalue weighted by molar-refractivity contribution is 5.98. The van der Waals surface area contributed by atoms with E-state index in [1.54, 1.807) is 24.3 Å². The van der Waals surface area contributed by atoms with E-state index in [1.165, 1.54) is 12.1 Å². The van der Waals surface area contributed by atoms with Gasteiger partial charge in [0.2, 0.25) is 11.8 Å². The quantitative estimate of drug-likeness (QED) is 0.437. The van der Waals surface area contributed by atoms with Crippen molar-refractivity contribution in [3.05, 3.63) is 47.3 Å². The van der Waals surface area contributed by atoms with E-state index >= 15 is 0 Å². The van der Waals surface area contributed by atoms with E-state index < -0.39 is 5.82 Å². The number of rotatable bonds is 8. The SMILES string of the molecule is CCCCN(CCCC)c1oc(-c2ncn3c2CN(C)C(=O)c2cc(F)ccc2-3)nc1C.Cl. The van der Waals surface area contributed by atoms with E-state index in [9.17, 15) is 9.18 Å². The van der Waals surface area contributed by atoms with Crippen molar-refractivity contribution >= 4 is 24.2 Å². The van der Waals surface area contributed by atoms with Crippen LogP contribution in [0.5, 0.6) is 0 Å². The van der Waals surface area contributed by atoms with Gasteiger partial charge in [-0.05, 0) is 38.0 Å². The summed E-state index contributed by atoms with van der Waals surface area (Å²) in [6.07, 6.45) is 6.03. The van der Waals surface area contributed by atoms with E-state index in [2.05, 4.69) is 23.7 Å². The number of oxazole rings is 1. The molecule has 178 valence electrons. The lowest BCUT2D eigenvalue weighted by atomic mass is 10.1. The minimum Gasteiger partial charge on any atom is -0.418 e. The van der Waals surface area contributed by atoms with Gasteiger partial charge in [0.25, 0.3) is 5.91 Å². The monoisotopic (exact) mass is 475 g/mol. The number of imidazole rings is 1. The molecule has 1 amide bonds. The maximum atomic E-state index is 13.8. The predicted molar refractivity (Wildman–Crippen MR) is 129 cm³/mol. The average Bonchev–Trinajstić information content (AvgIpc) is 3.34. The fourth-order valence-electron chi connectivity index (χ4n) is 4.10. The number of hydrogen-bond donors (Lipinski definition) is 0. The second-order valence-electron chi connectivity index (χ2n) is 8.34. The normalized spacial score (nSPS) is 12.8. The van der Waals surface area contributed by atoms with E-state index in [4.69, 9.17) is 9.40 Å². The lowest BCUT2D eigenvalue weighted by Gasteiger charge is -2.21. The fraction of sp³-hybridized carbons (Fsp3) is 0.458. The van der Waals surface area contributed by atoms with Crippen molar-refractivity contribution in [1.82, 2.24) is 19.4 Å². The standard InChI is InChI=1S/C24H30FN5O2.ClH/c1-5-7-11-29(12-8-6-2)24-16(3)27-22(32-24)21-20-14-28(4)23(31)18-13-17(25)9-10-19(18)30(20)15-26-21;/h9-10,13,15H,5-8,11-12,14H2,1-4H3;1H. The van der Waals surface area contributed by atoms with Crippen LogP contribution in [0, 0.1) is 12.7 Å². The van der Waals surface area contributed by atoms with Crippen molar-refractivity contribution in [2.24, 2.45) is 0 Å². The molecule has 0 aliphatic carbocycles. The topological polar surface area (TPSA) is 67.4 Å². The Morgan fingerprint density at radius 1 is 1.18 bits per heavy atom. The Balaban J connectivity index is 0.00000306. The van der Waals surface area contributed by atoms with Crippen LogP contribution in [0.3, 0.4) is 0 Å². The van der Waals surface area contributed by atoms with E-state index in [-0.39, 0.29) is 18.3 Å². The molecule has 0 spiro atoms. The van der Waals surface area contributed by atoms with Gasteiger partial charge in [0.05, 0.1) is 23.5 Å². The number of carbonyl (C=O) groups excluding carboxylic acids is 1. The van der Waals surface area contributed by atoms with Crippen LogP contribution in [-0.4, -0.2) is 45.5 Å². The van der Waals surface area contributed by atoms with Crippen molar-refractivity contribution in [3.8, 4) is 17.3 Å². The molecule has 1 aliphatic heterocycles. The number of amides is 1. The van der Waals surface area contributed by atoms with Gasteiger partial charge in [-0.3, -0.25) is 9.36 Å². The third kappa shape index (κ3) is 4.76. The third-order valence-electron chi connectivity index (χ3n) is 5.87. The molecule has 0 N–H and O–H groups in total. The molecule has 0 fully saturated rings. The molecule has 2 aromatic heterocycles. The number of fused-ring (bicyclic) bond motifs is 3. The van der Waals surface area contributed by atoms with Gasteiger partial charge in [-0.25, -0.2) is 14.4 Å². The molecule has 0 bridgehead atoms. The summed E-state index contributed by atoms with van der Waals surface area (Å²) in [7, 11) is 1.70. The molecular weight excluding hydrogens is 445 g/mol. The summed E-state index contributed by atoms with van der Waals surface area (Å²) < 4.78 is 21.9. The van der Waals surface area contributed by atoms with Gasteiger partial charge in [-0.15, -0.1) is 12.4 Å². The number of nitrogens with zero attached hydrogens (tertiary/aromatic N) is 5. The van der Waals surface area contributed by atoms with Gasteiger partial charge in [-0.2, -0.15) is 0 Å². The number of hydrogen-bond acceptors (Lipinski definition) is 5. The van der Waals surface area contributed by atoms with Crippen molar-refractivity contribution in [2.75, 3.05) is 25.0 Å². The predicted octanol–water partition coefficient (Wildman–Crippen LogP) is 5.39. The first kappa shape index (κ1) is 24.8. The molecule has 0 atom stereocenters. The summed E-state index contributed by atoms with van der Waals surface area (Å²) in [5.41, 5.74) is 3.12. The average molecular weight is 476 g/mol. The first-order valence-corrected chi connectivity index (χ1v) is 11.3. The number of halogens is 2. The Labute approximate surface area is 200 Å². The summed E-state index contributed by atoms with van der Waals surface area (Å²) in [5, 5.41) is 0. The second kappa shape index (κ2) is 10.4. The van der Waals surface area contributed by atoms with Crippen LogP contribution < -0.4 is 4.90 Å². The largest absolute Gasteiger partial charge is 0.418 e. The van der Waals surface area contributed by atoms with Gasteiger partial charge in [0.1, 0.15) is 23.5 Å². The molecule has 0 saturated carbocycles. The highest BCUT2D eigenvalue weighted by atomic mass is 35.5. The molecule has 3 heterocycles. The fourth-order valence-corrected chi connectivity index (χ4v) is 4.10. The number of unbranched alkanes of at least 4 members (excludes halogenated alkanes) is 2. The van der Waals surface area contributed by atoms with Crippen molar-refractivity contribution < 1.29 is 13.6 Å². The van der Waals surface area contributed by atoms with E-state index in [0.29, 0.717) is 29.4 Å². The van der Waals surface area contributed by atoms with Crippen LogP contribution in [0.4, 0.5) is 10.3 Å². The number of aromatic nitrogens is 3. The van der Waals surface area contributed by atoms with Crippen LogP contribution in [0.25, 0.3) is 17.3 Å². The maximum Gasteiger partial charge on any atom is 0.256 e. The van der Waals surface area contributed by atoms with Crippen LogP contribution in [0.15, 0.2) is 28.9 Å². The molecule has 9 heteroatoms. The number of benzene rings is 1. The van der Waals surface area contributed by atoms with Crippen molar-refractivity contribution in [2.45, 2.75) is 53.0 Å². The van der Waals surface area contributed by atoms with Gasteiger partial charge in [-0.1, -0.05) is 26.7 Å². The molecule has 1 aliphatic rings. The molecule has 7 nitrogen and oxygen atoms in total. The highest BCUT2D eigenvalue weighted by Crippen LogP contribution is 2.33. The number of anilines is 1. The first-order valence-electron chi connectivity index (χ1n) is 11.3. The van der Waals surface area contributed by atoms with Crippen LogP contribution >= 0.6 is 12.4 Å². The summed E-state index contributed by atoms with van der Waals surface area (Å²) in [5.74, 6) is 0.546. The van der Waals surface area contributed by atoms with Crippen molar-refractivity contribution in [3.63, 3.8) is 0 Å². The summed E-state index contributed by atoms with van der Waals surface area (Å²) in [6, 6.07) is 4.24. The smallest absolute Gasteiger partial charge is 0.256 e. The molecule has 1 aromatic carbocycles. The van der Waals surface area contributed by atoms with Crippen LogP contribution in [0.2, 0.25) is 0 Å². The highest BCUT2D eigenvalue weighted by Gasteiger charge is 2.29. The van der Waals surface area contributed by atoms with Gasteiger partial charge in [0, 0.05) is 20.1 Å².